The molecule has 17 heavy (non-hydrogen) atoms. The van der Waals surface area contributed by atoms with E-state index in [9.17, 15) is 8.78 Å². The first kappa shape index (κ1) is 14.2. The first-order valence-corrected chi connectivity index (χ1v) is 5.52. The van der Waals surface area contributed by atoms with Crippen LogP contribution in [0.5, 0.6) is 5.75 Å². The molecule has 0 bridgehead atoms. The van der Waals surface area contributed by atoms with Crippen molar-refractivity contribution in [2.24, 2.45) is 0 Å². The summed E-state index contributed by atoms with van der Waals surface area (Å²) in [5.41, 5.74) is 0.668. The smallest absolute Gasteiger partial charge is 0.387 e. The molecule has 0 aromatic heterocycles. The van der Waals surface area contributed by atoms with Gasteiger partial charge in [-0.2, -0.15) is 8.78 Å². The lowest BCUT2D eigenvalue weighted by atomic mass is 9.86. The summed E-state index contributed by atoms with van der Waals surface area (Å²) in [6, 6.07) is 2.92. The van der Waals surface area contributed by atoms with Crippen LogP contribution in [0.25, 0.3) is 0 Å². The van der Waals surface area contributed by atoms with Gasteiger partial charge in [-0.05, 0) is 23.1 Å². The van der Waals surface area contributed by atoms with E-state index in [0.29, 0.717) is 10.6 Å². The molecular formula is C12H15ClF2O2. The van der Waals surface area contributed by atoms with Crippen molar-refractivity contribution in [1.82, 2.24) is 0 Å². The normalized spacial score (nSPS) is 12.0. The lowest BCUT2D eigenvalue weighted by Gasteiger charge is -2.22. The highest BCUT2D eigenvalue weighted by atomic mass is 35.5. The molecule has 0 saturated carbocycles. The molecule has 96 valence electrons. The molecule has 2 nitrogen and oxygen atoms in total. The summed E-state index contributed by atoms with van der Waals surface area (Å²) in [4.78, 5) is 0. The fourth-order valence-corrected chi connectivity index (χ4v) is 1.97. The first-order valence-electron chi connectivity index (χ1n) is 5.14. The van der Waals surface area contributed by atoms with Gasteiger partial charge in [-0.15, -0.1) is 0 Å². The highest BCUT2D eigenvalue weighted by molar-refractivity contribution is 6.31. The number of hydrogen-bond donors (Lipinski definition) is 1. The van der Waals surface area contributed by atoms with Gasteiger partial charge in [-0.1, -0.05) is 32.4 Å². The molecule has 0 aliphatic heterocycles. The second kappa shape index (κ2) is 5.19. The maximum absolute atomic E-state index is 12.2. The van der Waals surface area contributed by atoms with Crippen LogP contribution < -0.4 is 4.74 Å². The molecule has 0 fully saturated rings. The van der Waals surface area contributed by atoms with Gasteiger partial charge in [0.05, 0.1) is 6.61 Å². The van der Waals surface area contributed by atoms with E-state index < -0.39 is 13.2 Å². The van der Waals surface area contributed by atoms with Crippen molar-refractivity contribution in [3.05, 3.63) is 28.3 Å². The standard InChI is InChI=1S/C12H15ClF2O2/c1-12(2,3)8-5-10(17-11(14)15)7(6-16)4-9(8)13/h4-5,11,16H,6H2,1-3H3. The maximum Gasteiger partial charge on any atom is 0.387 e. The van der Waals surface area contributed by atoms with E-state index >= 15 is 0 Å². The van der Waals surface area contributed by atoms with Crippen LogP contribution in [0.1, 0.15) is 31.9 Å². The van der Waals surface area contributed by atoms with Crippen LogP contribution in [-0.4, -0.2) is 11.7 Å². The average molecular weight is 265 g/mol. The Labute approximate surface area is 104 Å². The number of aliphatic hydroxyl groups is 1. The zero-order valence-electron chi connectivity index (χ0n) is 9.93. The van der Waals surface area contributed by atoms with Crippen LogP contribution >= 0.6 is 11.6 Å². The van der Waals surface area contributed by atoms with E-state index in [4.69, 9.17) is 16.7 Å². The van der Waals surface area contributed by atoms with Crippen molar-refractivity contribution in [2.45, 2.75) is 39.4 Å². The summed E-state index contributed by atoms with van der Waals surface area (Å²) < 4.78 is 28.8. The lowest BCUT2D eigenvalue weighted by Crippen LogP contribution is -2.14. The summed E-state index contributed by atoms with van der Waals surface area (Å²) in [6.07, 6.45) is 0. The summed E-state index contributed by atoms with van der Waals surface area (Å²) in [7, 11) is 0. The zero-order chi connectivity index (χ0) is 13.2. The number of aliphatic hydroxyl groups excluding tert-OH is 1. The Morgan fingerprint density at radius 1 is 1.35 bits per heavy atom. The maximum atomic E-state index is 12.2. The number of alkyl halides is 2. The molecule has 1 aromatic carbocycles. The van der Waals surface area contributed by atoms with Gasteiger partial charge in [-0.25, -0.2) is 0 Å². The Balaban J connectivity index is 3.27. The number of benzene rings is 1. The van der Waals surface area contributed by atoms with Gasteiger partial charge in [0.2, 0.25) is 0 Å². The van der Waals surface area contributed by atoms with E-state index in [2.05, 4.69) is 4.74 Å². The minimum atomic E-state index is -2.92. The SMILES string of the molecule is CC(C)(C)c1cc(OC(F)F)c(CO)cc1Cl. The third kappa shape index (κ3) is 3.54. The van der Waals surface area contributed by atoms with Crippen molar-refractivity contribution in [3.8, 4) is 5.75 Å². The molecule has 5 heteroatoms. The molecule has 0 unspecified atom stereocenters. The molecular weight excluding hydrogens is 250 g/mol. The lowest BCUT2D eigenvalue weighted by molar-refractivity contribution is -0.0510. The quantitative estimate of drug-likeness (QED) is 0.901. The van der Waals surface area contributed by atoms with Gasteiger partial charge >= 0.3 is 6.61 Å². The Kier molecular flexibility index (Phi) is 4.33. The number of hydrogen-bond acceptors (Lipinski definition) is 2. The summed E-state index contributed by atoms with van der Waals surface area (Å²) in [5.74, 6) is -0.0307. The Hall–Kier alpha value is -0.870. The van der Waals surface area contributed by atoms with Gasteiger partial charge in [0.15, 0.2) is 0 Å². The predicted octanol–water partition coefficient (Wildman–Crippen LogP) is 3.73. The van der Waals surface area contributed by atoms with Crippen molar-refractivity contribution in [1.29, 1.82) is 0 Å². The van der Waals surface area contributed by atoms with Gasteiger partial charge in [0.1, 0.15) is 5.75 Å². The third-order valence-electron chi connectivity index (χ3n) is 2.34. The monoisotopic (exact) mass is 264 g/mol. The molecule has 1 rings (SSSR count). The number of rotatable bonds is 3. The van der Waals surface area contributed by atoms with Crippen LogP contribution in [0.3, 0.4) is 0 Å². The number of halogens is 3. The minimum Gasteiger partial charge on any atom is -0.434 e. The molecule has 1 N–H and O–H groups in total. The fourth-order valence-electron chi connectivity index (χ4n) is 1.50. The van der Waals surface area contributed by atoms with E-state index in [1.165, 1.54) is 12.1 Å². The fraction of sp³-hybridized carbons (Fsp3) is 0.500. The van der Waals surface area contributed by atoms with E-state index in [-0.39, 0.29) is 16.7 Å². The largest absolute Gasteiger partial charge is 0.434 e. The van der Waals surface area contributed by atoms with Crippen LogP contribution in [0.2, 0.25) is 5.02 Å². The topological polar surface area (TPSA) is 29.5 Å². The molecule has 0 saturated heterocycles. The molecule has 0 spiro atoms. The molecule has 0 amide bonds. The van der Waals surface area contributed by atoms with Gasteiger partial charge < -0.3 is 9.84 Å². The average Bonchev–Trinajstić information content (AvgIpc) is 2.17. The Morgan fingerprint density at radius 2 is 1.94 bits per heavy atom. The summed E-state index contributed by atoms with van der Waals surface area (Å²) in [6.45, 7) is 2.43. The second-order valence-corrected chi connectivity index (χ2v) is 5.13. The van der Waals surface area contributed by atoms with E-state index in [1.807, 2.05) is 20.8 Å². The zero-order valence-corrected chi connectivity index (χ0v) is 10.7. The van der Waals surface area contributed by atoms with Gasteiger partial charge in [0, 0.05) is 10.6 Å². The van der Waals surface area contributed by atoms with E-state index in [0.717, 1.165) is 0 Å². The molecule has 0 aliphatic carbocycles. The highest BCUT2D eigenvalue weighted by Gasteiger charge is 2.21. The predicted molar refractivity (Wildman–Crippen MR) is 62.7 cm³/mol. The van der Waals surface area contributed by atoms with Gasteiger partial charge in [-0.3, -0.25) is 0 Å². The minimum absolute atomic E-state index is 0.0307. The summed E-state index contributed by atoms with van der Waals surface area (Å²) >= 11 is 6.05. The second-order valence-electron chi connectivity index (χ2n) is 4.73. The highest BCUT2D eigenvalue weighted by Crippen LogP contribution is 2.35. The molecule has 0 radical (unpaired) electrons. The van der Waals surface area contributed by atoms with Crippen LogP contribution in [-0.2, 0) is 12.0 Å². The van der Waals surface area contributed by atoms with Crippen molar-refractivity contribution in [3.63, 3.8) is 0 Å². The summed E-state index contributed by atoms with van der Waals surface area (Å²) in [5, 5.41) is 9.50. The van der Waals surface area contributed by atoms with Crippen LogP contribution in [0, 0.1) is 0 Å². The molecule has 0 heterocycles. The van der Waals surface area contributed by atoms with Crippen LogP contribution in [0.15, 0.2) is 12.1 Å². The Morgan fingerprint density at radius 3 is 2.35 bits per heavy atom. The molecule has 0 atom stereocenters. The van der Waals surface area contributed by atoms with Crippen molar-refractivity contribution < 1.29 is 18.6 Å². The third-order valence-corrected chi connectivity index (χ3v) is 2.66. The van der Waals surface area contributed by atoms with Crippen molar-refractivity contribution in [2.75, 3.05) is 0 Å². The molecule has 1 aromatic rings. The number of ether oxygens (including phenoxy) is 1. The molecule has 0 aliphatic rings. The first-order chi connectivity index (χ1) is 7.75. The van der Waals surface area contributed by atoms with Crippen molar-refractivity contribution >= 4 is 11.6 Å². The van der Waals surface area contributed by atoms with E-state index in [1.54, 1.807) is 0 Å². The Bertz CT molecular complexity index is 400. The van der Waals surface area contributed by atoms with Gasteiger partial charge in [0.25, 0.3) is 0 Å². The van der Waals surface area contributed by atoms with Crippen LogP contribution in [0.4, 0.5) is 8.78 Å².